The number of ether oxygens (including phenoxy) is 1. The predicted molar refractivity (Wildman–Crippen MR) is 75.7 cm³/mol. The largest absolute Gasteiger partial charge is 0.396 e. The Morgan fingerprint density at radius 3 is 2.50 bits per heavy atom. The van der Waals surface area contributed by atoms with E-state index in [0.29, 0.717) is 24.1 Å². The van der Waals surface area contributed by atoms with Crippen LogP contribution in [0.3, 0.4) is 0 Å². The Labute approximate surface area is 112 Å². The zero-order valence-corrected chi connectivity index (χ0v) is 12.7. The highest BCUT2D eigenvalue weighted by molar-refractivity contribution is 5.05. The zero-order chi connectivity index (χ0) is 13.8. The van der Waals surface area contributed by atoms with Crippen LogP contribution in [0, 0.1) is 11.3 Å². The second-order valence-corrected chi connectivity index (χ2v) is 6.12. The van der Waals surface area contributed by atoms with Crippen LogP contribution in [-0.2, 0) is 4.74 Å². The van der Waals surface area contributed by atoms with Crippen LogP contribution in [0.2, 0.25) is 0 Å². The standard InChI is InChI=1S/C15H31NO2/c1-6-15(5)13(10-14(15)18-7-2)16-12(8-9-17)11(3)4/h11-14,16-17H,6-10H2,1-5H3. The molecule has 0 amide bonds. The van der Waals surface area contributed by atoms with Crippen molar-refractivity contribution in [2.75, 3.05) is 13.2 Å². The van der Waals surface area contributed by atoms with Gasteiger partial charge in [0, 0.05) is 30.7 Å². The molecule has 3 heteroatoms. The second kappa shape index (κ2) is 6.88. The fourth-order valence-corrected chi connectivity index (χ4v) is 3.02. The number of aliphatic hydroxyl groups excluding tert-OH is 1. The van der Waals surface area contributed by atoms with Crippen LogP contribution in [-0.4, -0.2) is 36.5 Å². The second-order valence-electron chi connectivity index (χ2n) is 6.12. The molecule has 0 aliphatic heterocycles. The summed E-state index contributed by atoms with van der Waals surface area (Å²) in [5, 5.41) is 12.9. The fourth-order valence-electron chi connectivity index (χ4n) is 3.02. The van der Waals surface area contributed by atoms with Crippen LogP contribution >= 0.6 is 0 Å². The summed E-state index contributed by atoms with van der Waals surface area (Å²) in [6.07, 6.45) is 3.48. The van der Waals surface area contributed by atoms with Gasteiger partial charge in [0.15, 0.2) is 0 Å². The van der Waals surface area contributed by atoms with E-state index in [0.717, 1.165) is 25.9 Å². The molecule has 3 nitrogen and oxygen atoms in total. The van der Waals surface area contributed by atoms with Crippen LogP contribution < -0.4 is 5.32 Å². The van der Waals surface area contributed by atoms with E-state index >= 15 is 0 Å². The minimum Gasteiger partial charge on any atom is -0.396 e. The Bertz CT molecular complexity index is 245. The van der Waals surface area contributed by atoms with Gasteiger partial charge in [0.2, 0.25) is 0 Å². The molecule has 0 heterocycles. The molecule has 1 saturated carbocycles. The lowest BCUT2D eigenvalue weighted by molar-refractivity contribution is -0.129. The summed E-state index contributed by atoms with van der Waals surface area (Å²) in [5.74, 6) is 0.560. The van der Waals surface area contributed by atoms with E-state index in [1.165, 1.54) is 0 Å². The van der Waals surface area contributed by atoms with Crippen LogP contribution in [0.5, 0.6) is 0 Å². The topological polar surface area (TPSA) is 41.5 Å². The third kappa shape index (κ3) is 3.25. The Hall–Kier alpha value is -0.120. The monoisotopic (exact) mass is 257 g/mol. The van der Waals surface area contributed by atoms with Gasteiger partial charge >= 0.3 is 0 Å². The maximum absolute atomic E-state index is 9.15. The normalized spacial score (nSPS) is 33.5. The highest BCUT2D eigenvalue weighted by atomic mass is 16.5. The summed E-state index contributed by atoms with van der Waals surface area (Å²) >= 11 is 0. The van der Waals surface area contributed by atoms with Gasteiger partial charge in [-0.15, -0.1) is 0 Å². The van der Waals surface area contributed by atoms with Crippen molar-refractivity contribution in [3.05, 3.63) is 0 Å². The van der Waals surface area contributed by atoms with Crippen molar-refractivity contribution >= 4 is 0 Å². The summed E-state index contributed by atoms with van der Waals surface area (Å²) in [7, 11) is 0. The number of hydrogen-bond donors (Lipinski definition) is 2. The molecular weight excluding hydrogens is 226 g/mol. The zero-order valence-electron chi connectivity index (χ0n) is 12.7. The highest BCUT2D eigenvalue weighted by Crippen LogP contribution is 2.46. The molecule has 1 aliphatic rings. The average molecular weight is 257 g/mol. The summed E-state index contributed by atoms with van der Waals surface area (Å²) < 4.78 is 5.83. The van der Waals surface area contributed by atoms with E-state index in [9.17, 15) is 0 Å². The third-order valence-corrected chi connectivity index (χ3v) is 4.77. The van der Waals surface area contributed by atoms with Gasteiger partial charge in [-0.2, -0.15) is 0 Å². The summed E-state index contributed by atoms with van der Waals surface area (Å²) in [6, 6.07) is 0.937. The Balaban J connectivity index is 2.57. The van der Waals surface area contributed by atoms with E-state index in [-0.39, 0.29) is 12.0 Å². The minimum absolute atomic E-state index is 0.249. The van der Waals surface area contributed by atoms with E-state index in [4.69, 9.17) is 9.84 Å². The lowest BCUT2D eigenvalue weighted by Gasteiger charge is -2.55. The molecule has 18 heavy (non-hydrogen) atoms. The summed E-state index contributed by atoms with van der Waals surface area (Å²) in [5.41, 5.74) is 0.249. The van der Waals surface area contributed by atoms with Crippen molar-refractivity contribution in [3.63, 3.8) is 0 Å². The predicted octanol–water partition coefficient (Wildman–Crippen LogP) is 2.58. The molecule has 0 bridgehead atoms. The van der Waals surface area contributed by atoms with Gasteiger partial charge < -0.3 is 15.2 Å². The smallest absolute Gasteiger partial charge is 0.0658 e. The SMILES string of the molecule is CCOC1CC(NC(CCO)C(C)C)C1(C)CC. The Morgan fingerprint density at radius 1 is 1.39 bits per heavy atom. The molecule has 108 valence electrons. The third-order valence-electron chi connectivity index (χ3n) is 4.77. The number of nitrogens with one attached hydrogen (secondary N) is 1. The maximum Gasteiger partial charge on any atom is 0.0658 e. The van der Waals surface area contributed by atoms with Gasteiger partial charge in [0.1, 0.15) is 0 Å². The number of hydrogen-bond acceptors (Lipinski definition) is 3. The van der Waals surface area contributed by atoms with Gasteiger partial charge in [0.05, 0.1) is 6.10 Å². The Morgan fingerprint density at radius 2 is 2.06 bits per heavy atom. The van der Waals surface area contributed by atoms with Crippen molar-refractivity contribution in [3.8, 4) is 0 Å². The van der Waals surface area contributed by atoms with E-state index in [1.807, 2.05) is 0 Å². The first-order chi connectivity index (χ1) is 8.49. The summed E-state index contributed by atoms with van der Waals surface area (Å²) in [6.45, 7) is 12.1. The molecule has 0 aromatic carbocycles. The molecule has 4 unspecified atom stereocenters. The van der Waals surface area contributed by atoms with E-state index < -0.39 is 0 Å². The molecule has 0 spiro atoms. The van der Waals surface area contributed by atoms with Crippen LogP contribution in [0.25, 0.3) is 0 Å². The molecule has 0 aromatic heterocycles. The van der Waals surface area contributed by atoms with Crippen molar-refractivity contribution in [2.45, 2.75) is 72.1 Å². The van der Waals surface area contributed by atoms with Crippen LogP contribution in [0.4, 0.5) is 0 Å². The van der Waals surface area contributed by atoms with Crippen molar-refractivity contribution in [1.82, 2.24) is 5.32 Å². The molecule has 4 atom stereocenters. The summed E-state index contributed by atoms with van der Waals surface area (Å²) in [4.78, 5) is 0. The molecule has 0 aromatic rings. The van der Waals surface area contributed by atoms with Gasteiger partial charge in [-0.05, 0) is 32.1 Å². The van der Waals surface area contributed by atoms with Crippen LogP contribution in [0.15, 0.2) is 0 Å². The first-order valence-corrected chi connectivity index (χ1v) is 7.48. The quantitative estimate of drug-likeness (QED) is 0.702. The molecule has 0 radical (unpaired) electrons. The first kappa shape index (κ1) is 15.9. The molecular formula is C15H31NO2. The fraction of sp³-hybridized carbons (Fsp3) is 1.00. The Kier molecular flexibility index (Phi) is 6.09. The lowest BCUT2D eigenvalue weighted by Crippen LogP contribution is -2.64. The van der Waals surface area contributed by atoms with E-state index in [2.05, 4.69) is 39.9 Å². The van der Waals surface area contributed by atoms with Crippen molar-refractivity contribution in [2.24, 2.45) is 11.3 Å². The molecule has 2 N–H and O–H groups in total. The first-order valence-electron chi connectivity index (χ1n) is 7.48. The molecule has 1 rings (SSSR count). The van der Waals surface area contributed by atoms with Gasteiger partial charge in [-0.1, -0.05) is 27.7 Å². The van der Waals surface area contributed by atoms with Crippen molar-refractivity contribution < 1.29 is 9.84 Å². The number of rotatable bonds is 8. The average Bonchev–Trinajstić information content (AvgIpc) is 2.35. The maximum atomic E-state index is 9.15. The van der Waals surface area contributed by atoms with E-state index in [1.54, 1.807) is 0 Å². The van der Waals surface area contributed by atoms with Gasteiger partial charge in [-0.3, -0.25) is 0 Å². The van der Waals surface area contributed by atoms with Gasteiger partial charge in [0.25, 0.3) is 0 Å². The molecule has 0 saturated heterocycles. The van der Waals surface area contributed by atoms with Crippen LogP contribution in [0.1, 0.15) is 53.9 Å². The number of aliphatic hydroxyl groups is 1. The minimum atomic E-state index is 0.249. The highest BCUT2D eigenvalue weighted by Gasteiger charge is 2.51. The molecule has 1 fully saturated rings. The van der Waals surface area contributed by atoms with Crippen molar-refractivity contribution in [1.29, 1.82) is 0 Å². The molecule has 1 aliphatic carbocycles. The van der Waals surface area contributed by atoms with Gasteiger partial charge in [-0.25, -0.2) is 0 Å². The lowest BCUT2D eigenvalue weighted by atomic mass is 9.61.